The molecular formula is C10H8Cl2N2O4S2. The largest absolute Gasteiger partial charge is 0.264 e. The predicted octanol–water partition coefficient (Wildman–Crippen LogP) is 2.04. The van der Waals surface area contributed by atoms with E-state index in [0.717, 1.165) is 6.20 Å². The quantitative estimate of drug-likeness (QED) is 0.787. The zero-order valence-electron chi connectivity index (χ0n) is 9.99. The van der Waals surface area contributed by atoms with Gasteiger partial charge >= 0.3 is 0 Å². The Hall–Kier alpha value is -1.09. The van der Waals surface area contributed by atoms with Gasteiger partial charge < -0.3 is 0 Å². The molecule has 20 heavy (non-hydrogen) atoms. The van der Waals surface area contributed by atoms with Crippen LogP contribution >= 0.6 is 21.4 Å². The summed E-state index contributed by atoms with van der Waals surface area (Å²) in [6, 6.07) is 4.43. The molecule has 0 unspecified atom stereocenters. The Morgan fingerprint density at radius 3 is 2.25 bits per heavy atom. The van der Waals surface area contributed by atoms with E-state index in [9.17, 15) is 16.8 Å². The fraction of sp³-hybridized carbons (Fsp3) is 0.100. The van der Waals surface area contributed by atoms with Crippen LogP contribution in [-0.4, -0.2) is 26.6 Å². The smallest absolute Gasteiger partial charge is 0.240 e. The van der Waals surface area contributed by atoms with Crippen molar-refractivity contribution in [2.75, 3.05) is 0 Å². The third kappa shape index (κ3) is 3.14. The number of aryl methyl sites for hydroxylation is 1. The maximum atomic E-state index is 11.4. The number of halogens is 2. The summed E-state index contributed by atoms with van der Waals surface area (Å²) in [6.45, 7) is 1.59. The highest BCUT2D eigenvalue weighted by molar-refractivity contribution is 8.14. The molecule has 2 aromatic rings. The summed E-state index contributed by atoms with van der Waals surface area (Å²) in [6.07, 6.45) is 2.24. The van der Waals surface area contributed by atoms with Crippen LogP contribution in [0.4, 0.5) is 0 Å². The predicted molar refractivity (Wildman–Crippen MR) is 74.4 cm³/mol. The number of benzene rings is 1. The summed E-state index contributed by atoms with van der Waals surface area (Å²) in [5.74, 6) is 0. The third-order valence-electron chi connectivity index (χ3n) is 2.54. The van der Waals surface area contributed by atoms with Crippen molar-refractivity contribution in [3.05, 3.63) is 36.2 Å². The topological polar surface area (TPSA) is 86.1 Å². The summed E-state index contributed by atoms with van der Waals surface area (Å²) in [5.41, 5.74) is 0.822. The minimum atomic E-state index is -3.90. The summed E-state index contributed by atoms with van der Waals surface area (Å²) in [4.78, 5) is -0.252. The Bertz CT molecular complexity index is 872. The molecule has 2 rings (SSSR count). The zero-order chi connectivity index (χ0) is 15.1. The molecule has 1 aromatic carbocycles. The van der Waals surface area contributed by atoms with Gasteiger partial charge in [-0.3, -0.25) is 0 Å². The van der Waals surface area contributed by atoms with E-state index < -0.39 is 18.1 Å². The normalized spacial score (nSPS) is 12.6. The highest BCUT2D eigenvalue weighted by atomic mass is 35.7. The van der Waals surface area contributed by atoms with Crippen LogP contribution in [0.1, 0.15) is 5.56 Å². The Kier molecular flexibility index (Phi) is 3.85. The van der Waals surface area contributed by atoms with E-state index in [-0.39, 0.29) is 9.79 Å². The van der Waals surface area contributed by atoms with Crippen LogP contribution in [0.15, 0.2) is 40.4 Å². The number of hydrogen-bond acceptors (Lipinski definition) is 5. The first-order valence-corrected chi connectivity index (χ1v) is 9.76. The molecule has 0 aliphatic rings. The van der Waals surface area contributed by atoms with Gasteiger partial charge in [0.15, 0.2) is 0 Å². The minimum Gasteiger partial charge on any atom is -0.240 e. The monoisotopic (exact) mass is 354 g/mol. The first-order chi connectivity index (χ1) is 9.09. The maximum absolute atomic E-state index is 11.4. The summed E-state index contributed by atoms with van der Waals surface area (Å²) < 4.78 is 46.3. The van der Waals surface area contributed by atoms with E-state index in [1.54, 1.807) is 19.1 Å². The van der Waals surface area contributed by atoms with Gasteiger partial charge in [0.2, 0.25) is 0 Å². The summed E-state index contributed by atoms with van der Waals surface area (Å²) in [5, 5.41) is 3.82. The molecule has 0 saturated carbocycles. The molecule has 0 amide bonds. The molecule has 0 aliphatic carbocycles. The van der Waals surface area contributed by atoms with Gasteiger partial charge in [-0.05, 0) is 24.6 Å². The molecule has 1 heterocycles. The van der Waals surface area contributed by atoms with Crippen molar-refractivity contribution in [1.82, 2.24) is 9.78 Å². The first-order valence-electron chi connectivity index (χ1n) is 5.14. The maximum Gasteiger partial charge on any atom is 0.264 e. The fourth-order valence-corrected chi connectivity index (χ4v) is 3.42. The number of nitrogens with zero attached hydrogens (tertiary/aromatic N) is 2. The van der Waals surface area contributed by atoms with Gasteiger partial charge in [-0.15, -0.1) is 0 Å². The van der Waals surface area contributed by atoms with E-state index in [0.29, 0.717) is 11.3 Å². The highest BCUT2D eigenvalue weighted by Gasteiger charge is 2.17. The van der Waals surface area contributed by atoms with E-state index in [1.807, 2.05) is 0 Å². The summed E-state index contributed by atoms with van der Waals surface area (Å²) in [7, 11) is 2.73. The lowest BCUT2D eigenvalue weighted by molar-refractivity contribution is 0.607. The Balaban J connectivity index is 2.58. The SMILES string of the molecule is Cc1ccc(-n2cc(S(=O)(=O)Cl)cn2)cc1S(=O)(=O)Cl. The van der Waals surface area contributed by atoms with Crippen molar-refractivity contribution in [3.63, 3.8) is 0 Å². The molecule has 108 valence electrons. The van der Waals surface area contributed by atoms with Gasteiger partial charge in [-0.1, -0.05) is 6.07 Å². The average molecular weight is 355 g/mol. The molecule has 0 atom stereocenters. The van der Waals surface area contributed by atoms with Crippen LogP contribution in [0.2, 0.25) is 0 Å². The van der Waals surface area contributed by atoms with Crippen LogP contribution in [0.5, 0.6) is 0 Å². The van der Waals surface area contributed by atoms with Gasteiger partial charge in [0.05, 0.1) is 23.0 Å². The second kappa shape index (κ2) is 5.03. The van der Waals surface area contributed by atoms with Crippen LogP contribution in [0, 0.1) is 6.92 Å². The molecule has 6 nitrogen and oxygen atoms in total. The van der Waals surface area contributed by atoms with E-state index in [2.05, 4.69) is 5.10 Å². The van der Waals surface area contributed by atoms with Gasteiger partial charge in [0.1, 0.15) is 4.90 Å². The van der Waals surface area contributed by atoms with Gasteiger partial charge in [-0.25, -0.2) is 21.5 Å². The van der Waals surface area contributed by atoms with Crippen molar-refractivity contribution >= 4 is 39.5 Å². The standard InChI is InChI=1S/C10H8Cl2N2O4S2/c1-7-2-3-8(4-10(7)20(12,17)18)14-6-9(5-13-14)19(11,15)16/h2-6H,1H3. The number of hydrogen-bond donors (Lipinski definition) is 0. The van der Waals surface area contributed by atoms with E-state index >= 15 is 0 Å². The van der Waals surface area contributed by atoms with Gasteiger partial charge in [-0.2, -0.15) is 5.10 Å². The van der Waals surface area contributed by atoms with Crippen LogP contribution in [-0.2, 0) is 18.1 Å². The molecule has 0 radical (unpaired) electrons. The van der Waals surface area contributed by atoms with Crippen molar-refractivity contribution in [3.8, 4) is 5.69 Å². The molecule has 0 spiro atoms. The number of aromatic nitrogens is 2. The van der Waals surface area contributed by atoms with Gasteiger partial charge in [0.25, 0.3) is 18.1 Å². The van der Waals surface area contributed by atoms with Crippen LogP contribution in [0.3, 0.4) is 0 Å². The third-order valence-corrected chi connectivity index (χ3v) is 5.31. The molecule has 0 N–H and O–H groups in total. The Morgan fingerprint density at radius 1 is 1.10 bits per heavy atom. The van der Waals surface area contributed by atoms with Crippen molar-refractivity contribution in [2.24, 2.45) is 0 Å². The molecular weight excluding hydrogens is 347 g/mol. The molecule has 0 aliphatic heterocycles. The molecule has 0 bridgehead atoms. The van der Waals surface area contributed by atoms with Crippen molar-refractivity contribution in [1.29, 1.82) is 0 Å². The molecule has 10 heteroatoms. The van der Waals surface area contributed by atoms with E-state index in [4.69, 9.17) is 21.4 Å². The van der Waals surface area contributed by atoms with Crippen molar-refractivity contribution in [2.45, 2.75) is 16.7 Å². The lowest BCUT2D eigenvalue weighted by Gasteiger charge is -2.06. The lowest BCUT2D eigenvalue weighted by Crippen LogP contribution is -2.00. The average Bonchev–Trinajstić information content (AvgIpc) is 2.77. The zero-order valence-corrected chi connectivity index (χ0v) is 13.1. The molecule has 0 saturated heterocycles. The Morgan fingerprint density at radius 2 is 1.75 bits per heavy atom. The summed E-state index contributed by atoms with van der Waals surface area (Å²) >= 11 is 0. The minimum absolute atomic E-state index is 0.0672. The van der Waals surface area contributed by atoms with Gasteiger partial charge in [0, 0.05) is 21.4 Å². The Labute approximate surface area is 124 Å². The van der Waals surface area contributed by atoms with E-state index in [1.165, 1.54) is 16.9 Å². The lowest BCUT2D eigenvalue weighted by atomic mass is 10.2. The first kappa shape index (κ1) is 15.3. The second-order valence-electron chi connectivity index (χ2n) is 3.95. The molecule has 0 fully saturated rings. The van der Waals surface area contributed by atoms with Crippen LogP contribution in [0.25, 0.3) is 5.69 Å². The highest BCUT2D eigenvalue weighted by Crippen LogP contribution is 2.23. The van der Waals surface area contributed by atoms with Crippen molar-refractivity contribution < 1.29 is 16.8 Å². The molecule has 1 aromatic heterocycles. The number of rotatable bonds is 3. The second-order valence-corrected chi connectivity index (χ2v) is 9.05. The fourth-order valence-electron chi connectivity index (χ4n) is 1.57. The van der Waals surface area contributed by atoms with Crippen LogP contribution < -0.4 is 0 Å².